The van der Waals surface area contributed by atoms with Crippen LogP contribution >= 0.6 is 11.6 Å². The van der Waals surface area contributed by atoms with E-state index in [0.29, 0.717) is 0 Å². The lowest BCUT2D eigenvalue weighted by Crippen LogP contribution is -2.43. The minimum absolute atomic E-state index is 0.0149. The highest BCUT2D eigenvalue weighted by molar-refractivity contribution is 6.31. The molecule has 1 aliphatic carbocycles. The molecule has 0 aliphatic heterocycles. The fourth-order valence-electron chi connectivity index (χ4n) is 2.20. The monoisotopic (exact) mass is 270 g/mol. The zero-order chi connectivity index (χ0) is 13.1. The lowest BCUT2D eigenvalue weighted by molar-refractivity contribution is 0.402. The predicted molar refractivity (Wildman–Crippen MR) is 70.9 cm³/mol. The maximum atomic E-state index is 13.8. The summed E-state index contributed by atoms with van der Waals surface area (Å²) in [7, 11) is 0. The molecule has 98 valence electrons. The summed E-state index contributed by atoms with van der Waals surface area (Å²) in [4.78, 5) is 3.94. The van der Waals surface area contributed by atoms with Crippen LogP contribution in [0.4, 0.5) is 10.2 Å². The maximum Gasteiger partial charge on any atom is 0.166 e. The number of hydrogen-bond donors (Lipinski definition) is 3. The van der Waals surface area contributed by atoms with Gasteiger partial charge in [0, 0.05) is 23.9 Å². The second-order valence-corrected chi connectivity index (χ2v) is 4.90. The third-order valence-corrected chi connectivity index (χ3v) is 3.56. The van der Waals surface area contributed by atoms with Crippen LogP contribution in [0.2, 0.25) is 5.15 Å². The lowest BCUT2D eigenvalue weighted by Gasteiger charge is -2.29. The van der Waals surface area contributed by atoms with Crippen LogP contribution in [0.1, 0.15) is 31.2 Å². The summed E-state index contributed by atoms with van der Waals surface area (Å²) in [6, 6.07) is 1.25. The summed E-state index contributed by atoms with van der Waals surface area (Å²) >= 11 is 5.86. The summed E-state index contributed by atoms with van der Waals surface area (Å²) in [6.45, 7) is 0. The average Bonchev–Trinajstić information content (AvgIpc) is 2.36. The van der Waals surface area contributed by atoms with Gasteiger partial charge in [-0.05, 0) is 18.9 Å². The number of halogens is 2. The van der Waals surface area contributed by atoms with Crippen molar-refractivity contribution in [3.8, 4) is 0 Å². The predicted octanol–water partition coefficient (Wildman–Crippen LogP) is 2.55. The van der Waals surface area contributed by atoms with Gasteiger partial charge in [0.05, 0.1) is 0 Å². The molecule has 0 radical (unpaired) electrons. The third-order valence-electron chi connectivity index (χ3n) is 3.25. The fraction of sp³-hybridized carbons (Fsp3) is 0.500. The van der Waals surface area contributed by atoms with Gasteiger partial charge in [0.15, 0.2) is 11.6 Å². The molecule has 1 aromatic heterocycles. The van der Waals surface area contributed by atoms with E-state index in [1.807, 2.05) is 0 Å². The van der Waals surface area contributed by atoms with Gasteiger partial charge >= 0.3 is 0 Å². The number of nitrogens with two attached hydrogens (primary N) is 1. The Morgan fingerprint density at radius 3 is 2.89 bits per heavy atom. The molecule has 1 fully saturated rings. The number of anilines is 1. The number of hydrogen-bond acceptors (Lipinski definition) is 4. The zero-order valence-electron chi connectivity index (χ0n) is 9.92. The van der Waals surface area contributed by atoms with Crippen molar-refractivity contribution >= 4 is 23.6 Å². The molecule has 4 nitrogen and oxygen atoms in total. The van der Waals surface area contributed by atoms with Crippen molar-refractivity contribution < 1.29 is 4.39 Å². The van der Waals surface area contributed by atoms with Gasteiger partial charge in [0.1, 0.15) is 5.15 Å². The molecule has 0 aromatic carbocycles. The topological polar surface area (TPSA) is 74.8 Å². The molecule has 0 unspecified atom stereocenters. The summed E-state index contributed by atoms with van der Waals surface area (Å²) < 4.78 is 13.8. The largest absolute Gasteiger partial charge is 0.363 e. The Bertz CT molecular complexity index is 452. The summed E-state index contributed by atoms with van der Waals surface area (Å²) in [5, 5.41) is 10.2. The number of nitrogens with zero attached hydrogens (tertiary/aromatic N) is 1. The highest BCUT2D eigenvalue weighted by Gasteiger charge is 2.23. The van der Waals surface area contributed by atoms with Crippen LogP contribution < -0.4 is 11.1 Å². The molecule has 0 spiro atoms. The zero-order valence-corrected chi connectivity index (χ0v) is 10.7. The second kappa shape index (κ2) is 5.63. The molecular weight excluding hydrogens is 255 g/mol. The van der Waals surface area contributed by atoms with E-state index in [1.54, 1.807) is 0 Å². The SMILES string of the molecule is N=Cc1cc(F)c(N[C@@H]2CCCC[C@@H]2N)nc1Cl. The van der Waals surface area contributed by atoms with Gasteiger partial charge in [0.2, 0.25) is 0 Å². The van der Waals surface area contributed by atoms with Crippen LogP contribution in [0, 0.1) is 11.2 Å². The Balaban J connectivity index is 2.18. The molecule has 4 N–H and O–H groups in total. The first-order valence-electron chi connectivity index (χ1n) is 6.00. The Morgan fingerprint density at radius 1 is 1.50 bits per heavy atom. The Morgan fingerprint density at radius 2 is 2.22 bits per heavy atom. The van der Waals surface area contributed by atoms with E-state index >= 15 is 0 Å². The highest BCUT2D eigenvalue weighted by atomic mass is 35.5. The van der Waals surface area contributed by atoms with Gasteiger partial charge in [-0.2, -0.15) is 0 Å². The molecule has 2 rings (SSSR count). The first-order chi connectivity index (χ1) is 8.61. The Hall–Kier alpha value is -1.20. The molecule has 1 heterocycles. The van der Waals surface area contributed by atoms with Crippen LogP contribution in [0.15, 0.2) is 6.07 Å². The van der Waals surface area contributed by atoms with Crippen LogP contribution in [0.3, 0.4) is 0 Å². The molecule has 0 amide bonds. The molecule has 1 aliphatic rings. The minimum Gasteiger partial charge on any atom is -0.363 e. The Labute approximate surface area is 110 Å². The van der Waals surface area contributed by atoms with Gasteiger partial charge in [-0.25, -0.2) is 9.37 Å². The van der Waals surface area contributed by atoms with Gasteiger partial charge in [-0.1, -0.05) is 24.4 Å². The maximum absolute atomic E-state index is 13.8. The van der Waals surface area contributed by atoms with Gasteiger partial charge < -0.3 is 16.5 Å². The Kier molecular flexibility index (Phi) is 4.14. The van der Waals surface area contributed by atoms with Gasteiger partial charge in [-0.15, -0.1) is 0 Å². The van der Waals surface area contributed by atoms with E-state index < -0.39 is 5.82 Å². The minimum atomic E-state index is -0.504. The van der Waals surface area contributed by atoms with Crippen LogP contribution in [0.5, 0.6) is 0 Å². The second-order valence-electron chi connectivity index (χ2n) is 4.54. The number of aromatic nitrogens is 1. The van der Waals surface area contributed by atoms with Crippen molar-refractivity contribution in [3.05, 3.63) is 22.6 Å². The molecule has 1 aromatic rings. The van der Waals surface area contributed by atoms with Crippen molar-refractivity contribution in [2.45, 2.75) is 37.8 Å². The van der Waals surface area contributed by atoms with E-state index in [-0.39, 0.29) is 28.6 Å². The van der Waals surface area contributed by atoms with E-state index in [1.165, 1.54) is 6.07 Å². The van der Waals surface area contributed by atoms with Crippen molar-refractivity contribution in [1.82, 2.24) is 4.98 Å². The van der Waals surface area contributed by atoms with Crippen LogP contribution in [-0.4, -0.2) is 23.3 Å². The van der Waals surface area contributed by atoms with E-state index in [2.05, 4.69) is 10.3 Å². The summed E-state index contributed by atoms with van der Waals surface area (Å²) in [6.07, 6.45) is 5.02. The molecule has 6 heteroatoms. The number of nitrogens with one attached hydrogen (secondary N) is 2. The molecule has 1 saturated carbocycles. The third kappa shape index (κ3) is 2.79. The standard InChI is InChI=1S/C12H16ClFN4/c13-11-7(6-15)5-8(14)12(18-11)17-10-4-2-1-3-9(10)16/h5-6,9-10,15H,1-4,16H2,(H,17,18)/t9-,10+/m0/s1. The van der Waals surface area contributed by atoms with Gasteiger partial charge in [-0.3, -0.25) is 0 Å². The quantitative estimate of drug-likeness (QED) is 0.584. The first kappa shape index (κ1) is 13.2. The van der Waals surface area contributed by atoms with Crippen molar-refractivity contribution in [2.24, 2.45) is 5.73 Å². The average molecular weight is 271 g/mol. The van der Waals surface area contributed by atoms with Crippen LogP contribution in [-0.2, 0) is 0 Å². The smallest absolute Gasteiger partial charge is 0.166 e. The highest BCUT2D eigenvalue weighted by Crippen LogP contribution is 2.24. The van der Waals surface area contributed by atoms with E-state index in [9.17, 15) is 4.39 Å². The number of pyridine rings is 1. The van der Waals surface area contributed by atoms with Crippen molar-refractivity contribution in [1.29, 1.82) is 5.41 Å². The lowest BCUT2D eigenvalue weighted by atomic mass is 9.91. The fourth-order valence-corrected chi connectivity index (χ4v) is 2.39. The number of rotatable bonds is 3. The van der Waals surface area contributed by atoms with Gasteiger partial charge in [0.25, 0.3) is 0 Å². The van der Waals surface area contributed by atoms with E-state index in [4.69, 9.17) is 22.7 Å². The molecule has 18 heavy (non-hydrogen) atoms. The molecule has 0 bridgehead atoms. The molecule has 0 saturated heterocycles. The molecule has 2 atom stereocenters. The normalized spacial score (nSPS) is 23.7. The van der Waals surface area contributed by atoms with E-state index in [0.717, 1.165) is 31.9 Å². The van der Waals surface area contributed by atoms with Crippen molar-refractivity contribution in [2.75, 3.05) is 5.32 Å². The van der Waals surface area contributed by atoms with Crippen LogP contribution in [0.25, 0.3) is 0 Å². The summed E-state index contributed by atoms with van der Waals surface area (Å²) in [5.74, 6) is -0.386. The summed E-state index contributed by atoms with van der Waals surface area (Å²) in [5.41, 5.74) is 6.26. The molecular formula is C12H16ClFN4. The first-order valence-corrected chi connectivity index (χ1v) is 6.38. The van der Waals surface area contributed by atoms with Crippen molar-refractivity contribution in [3.63, 3.8) is 0 Å².